The highest BCUT2D eigenvalue weighted by Crippen LogP contribution is 2.37. The highest BCUT2D eigenvalue weighted by Gasteiger charge is 2.36. The lowest BCUT2D eigenvalue weighted by Gasteiger charge is -2.33. The topological polar surface area (TPSA) is 64.9 Å². The molecule has 2 aliphatic carbocycles. The average molecular weight is 291 g/mol. The van der Waals surface area contributed by atoms with Gasteiger partial charge in [-0.05, 0) is 44.4 Å². The summed E-state index contributed by atoms with van der Waals surface area (Å²) in [5, 5.41) is 4.25. The van der Waals surface area contributed by atoms with Crippen LogP contribution in [0.4, 0.5) is 0 Å². The van der Waals surface area contributed by atoms with Crippen LogP contribution in [0.15, 0.2) is 4.52 Å². The monoisotopic (exact) mass is 291 g/mol. The molecule has 0 unspecified atom stereocenters. The van der Waals surface area contributed by atoms with Crippen LogP contribution >= 0.6 is 0 Å². The Labute approximate surface area is 127 Å². The second kappa shape index (κ2) is 6.47. The van der Waals surface area contributed by atoms with E-state index >= 15 is 0 Å². The zero-order valence-corrected chi connectivity index (χ0v) is 13.3. The highest BCUT2D eigenvalue weighted by molar-refractivity contribution is 5.07. The summed E-state index contributed by atoms with van der Waals surface area (Å²) in [7, 11) is 0. The summed E-state index contributed by atoms with van der Waals surface area (Å²) in [6.45, 7) is 2.30. The maximum Gasteiger partial charge on any atom is 0.229 e. The summed E-state index contributed by atoms with van der Waals surface area (Å²) in [6.07, 6.45) is 13.3. The molecule has 0 radical (unpaired) electrons. The normalized spacial score (nSPS) is 32.6. The van der Waals surface area contributed by atoms with Crippen LogP contribution in [-0.2, 0) is 5.54 Å². The molecule has 118 valence electrons. The van der Waals surface area contributed by atoms with E-state index in [4.69, 9.17) is 15.2 Å². The Balaban J connectivity index is 1.70. The molecule has 4 heteroatoms. The van der Waals surface area contributed by atoms with Crippen LogP contribution < -0.4 is 5.73 Å². The number of aromatic nitrogens is 2. The fourth-order valence-corrected chi connectivity index (χ4v) is 3.81. The second-order valence-electron chi connectivity index (χ2n) is 7.34. The maximum absolute atomic E-state index is 6.56. The van der Waals surface area contributed by atoms with Crippen LogP contribution in [0.1, 0.15) is 95.2 Å². The first-order chi connectivity index (χ1) is 10.2. The molecule has 4 nitrogen and oxygen atoms in total. The van der Waals surface area contributed by atoms with E-state index in [1.54, 1.807) is 0 Å². The van der Waals surface area contributed by atoms with Gasteiger partial charge in [0.2, 0.25) is 5.89 Å². The zero-order chi connectivity index (χ0) is 14.7. The van der Waals surface area contributed by atoms with Crippen LogP contribution in [-0.4, -0.2) is 10.1 Å². The molecule has 2 fully saturated rings. The van der Waals surface area contributed by atoms with Crippen molar-refractivity contribution in [1.29, 1.82) is 0 Å². The number of nitrogens with zero attached hydrogens (tertiary/aromatic N) is 2. The molecule has 1 aromatic rings. The van der Waals surface area contributed by atoms with Gasteiger partial charge in [0.25, 0.3) is 0 Å². The van der Waals surface area contributed by atoms with Gasteiger partial charge in [0.05, 0.1) is 5.54 Å². The van der Waals surface area contributed by atoms with E-state index in [-0.39, 0.29) is 5.54 Å². The minimum Gasteiger partial charge on any atom is -0.339 e. The van der Waals surface area contributed by atoms with Gasteiger partial charge in [-0.2, -0.15) is 4.98 Å². The molecule has 0 aliphatic heterocycles. The number of hydrogen-bond acceptors (Lipinski definition) is 4. The van der Waals surface area contributed by atoms with E-state index in [0.717, 1.165) is 30.5 Å². The van der Waals surface area contributed by atoms with Crippen LogP contribution in [0.3, 0.4) is 0 Å². The Kier molecular flexibility index (Phi) is 4.63. The third-order valence-corrected chi connectivity index (χ3v) is 5.51. The lowest BCUT2D eigenvalue weighted by Crippen LogP contribution is -2.41. The summed E-state index contributed by atoms with van der Waals surface area (Å²) < 4.78 is 5.60. The molecule has 0 spiro atoms. The third-order valence-electron chi connectivity index (χ3n) is 5.51. The van der Waals surface area contributed by atoms with Crippen molar-refractivity contribution in [1.82, 2.24) is 10.1 Å². The highest BCUT2D eigenvalue weighted by atomic mass is 16.5. The zero-order valence-electron chi connectivity index (χ0n) is 13.3. The standard InChI is InChI=1S/C17H29N3O/c1-13-9-11-17(18,12-10-13)16-19-15(21-20-16)14-7-5-3-2-4-6-8-14/h13-14H,2-12,18H2,1H3. The minimum absolute atomic E-state index is 0.351. The van der Waals surface area contributed by atoms with E-state index in [0.29, 0.717) is 5.92 Å². The van der Waals surface area contributed by atoms with Gasteiger partial charge in [-0.1, -0.05) is 44.2 Å². The van der Waals surface area contributed by atoms with Gasteiger partial charge < -0.3 is 10.3 Å². The number of hydrogen-bond donors (Lipinski definition) is 1. The molecular weight excluding hydrogens is 262 g/mol. The van der Waals surface area contributed by atoms with E-state index in [2.05, 4.69) is 12.1 Å². The van der Waals surface area contributed by atoms with Gasteiger partial charge >= 0.3 is 0 Å². The molecule has 2 saturated carbocycles. The predicted molar refractivity (Wildman–Crippen MR) is 82.9 cm³/mol. The van der Waals surface area contributed by atoms with Crippen molar-refractivity contribution in [2.24, 2.45) is 11.7 Å². The molecule has 0 aromatic carbocycles. The van der Waals surface area contributed by atoms with E-state index in [1.165, 1.54) is 57.8 Å². The first-order valence-corrected chi connectivity index (χ1v) is 8.80. The first-order valence-electron chi connectivity index (χ1n) is 8.80. The van der Waals surface area contributed by atoms with Gasteiger partial charge in [-0.25, -0.2) is 0 Å². The average Bonchev–Trinajstić information content (AvgIpc) is 2.92. The van der Waals surface area contributed by atoms with E-state index in [1.807, 2.05) is 0 Å². The number of rotatable bonds is 2. The predicted octanol–water partition coefficient (Wildman–Crippen LogP) is 4.26. The van der Waals surface area contributed by atoms with Crippen molar-refractivity contribution in [2.75, 3.05) is 0 Å². The van der Waals surface area contributed by atoms with Gasteiger partial charge in [-0.3, -0.25) is 0 Å². The van der Waals surface area contributed by atoms with Crippen molar-refractivity contribution < 1.29 is 4.52 Å². The smallest absolute Gasteiger partial charge is 0.229 e. The van der Waals surface area contributed by atoms with Crippen molar-refractivity contribution in [3.63, 3.8) is 0 Å². The molecule has 2 N–H and O–H groups in total. The fraction of sp³-hybridized carbons (Fsp3) is 0.882. The summed E-state index contributed by atoms with van der Waals surface area (Å²) in [5.74, 6) is 2.83. The summed E-state index contributed by atoms with van der Waals surface area (Å²) in [4.78, 5) is 4.72. The van der Waals surface area contributed by atoms with Crippen LogP contribution in [0, 0.1) is 5.92 Å². The third kappa shape index (κ3) is 3.47. The first kappa shape index (κ1) is 15.0. The molecule has 1 aromatic heterocycles. The lowest BCUT2D eigenvalue weighted by atomic mass is 9.77. The van der Waals surface area contributed by atoms with Crippen molar-refractivity contribution in [3.8, 4) is 0 Å². The molecule has 3 rings (SSSR count). The van der Waals surface area contributed by atoms with Gasteiger partial charge in [-0.15, -0.1) is 0 Å². The fourth-order valence-electron chi connectivity index (χ4n) is 3.81. The molecule has 0 saturated heterocycles. The molecule has 2 aliphatic rings. The van der Waals surface area contributed by atoms with E-state index < -0.39 is 0 Å². The van der Waals surface area contributed by atoms with Crippen LogP contribution in [0.25, 0.3) is 0 Å². The molecule has 0 amide bonds. The van der Waals surface area contributed by atoms with Crippen molar-refractivity contribution in [2.45, 2.75) is 89.0 Å². The summed E-state index contributed by atoms with van der Waals surface area (Å²) in [6, 6.07) is 0. The van der Waals surface area contributed by atoms with Crippen molar-refractivity contribution in [3.05, 3.63) is 11.7 Å². The largest absolute Gasteiger partial charge is 0.339 e. The maximum atomic E-state index is 6.56. The molecular formula is C17H29N3O. The van der Waals surface area contributed by atoms with Gasteiger partial charge in [0.1, 0.15) is 0 Å². The van der Waals surface area contributed by atoms with Crippen LogP contribution in [0.5, 0.6) is 0 Å². The van der Waals surface area contributed by atoms with Gasteiger partial charge in [0.15, 0.2) is 5.82 Å². The lowest BCUT2D eigenvalue weighted by molar-refractivity contribution is 0.229. The quantitative estimate of drug-likeness (QED) is 0.884. The van der Waals surface area contributed by atoms with Gasteiger partial charge in [0, 0.05) is 5.92 Å². The van der Waals surface area contributed by atoms with Crippen molar-refractivity contribution >= 4 is 0 Å². The molecule has 0 atom stereocenters. The minimum atomic E-state index is -0.351. The summed E-state index contributed by atoms with van der Waals surface area (Å²) in [5.41, 5.74) is 6.21. The Morgan fingerprint density at radius 3 is 2.29 bits per heavy atom. The number of nitrogens with two attached hydrogens (primary N) is 1. The Morgan fingerprint density at radius 1 is 1.00 bits per heavy atom. The van der Waals surface area contributed by atoms with E-state index in [9.17, 15) is 0 Å². The second-order valence-corrected chi connectivity index (χ2v) is 7.34. The molecule has 1 heterocycles. The Morgan fingerprint density at radius 2 is 1.62 bits per heavy atom. The molecule has 21 heavy (non-hydrogen) atoms. The summed E-state index contributed by atoms with van der Waals surface area (Å²) >= 11 is 0. The molecule has 0 bridgehead atoms. The Bertz CT molecular complexity index is 441. The Hall–Kier alpha value is -0.900. The van der Waals surface area contributed by atoms with Crippen LogP contribution in [0.2, 0.25) is 0 Å². The SMILES string of the molecule is CC1CCC(N)(c2noc(C3CCCCCCC3)n2)CC1.